The molecule has 6 heteroatoms. The maximum atomic E-state index is 7.49. The van der Waals surface area contributed by atoms with Crippen molar-refractivity contribution >= 4 is 29.0 Å². The van der Waals surface area contributed by atoms with Gasteiger partial charge in [0.1, 0.15) is 23.9 Å². The molecule has 2 rings (SSSR count). The fourth-order valence-corrected chi connectivity index (χ4v) is 2.05. The second kappa shape index (κ2) is 6.70. The summed E-state index contributed by atoms with van der Waals surface area (Å²) in [4.78, 5) is 0. The molecule has 0 saturated heterocycles. The first-order valence-corrected chi connectivity index (χ1v) is 6.85. The molecule has 0 radical (unpaired) electrons. The zero-order valence-corrected chi connectivity index (χ0v) is 12.8. The number of nitrogens with two attached hydrogens (primary N) is 1. The standard InChI is InChI=1S/C15H14Cl2N2O2/c1-20-11-5-10(15(18)19)6-12(7-11)21-8-9-2-3-13(16)14(17)4-9/h2-7H,8H2,1H3,(H3,18,19). The van der Waals surface area contributed by atoms with E-state index in [0.717, 1.165) is 5.56 Å². The molecule has 4 nitrogen and oxygen atoms in total. The molecule has 0 aliphatic rings. The van der Waals surface area contributed by atoms with Gasteiger partial charge in [-0.15, -0.1) is 0 Å². The predicted molar refractivity (Wildman–Crippen MR) is 84.8 cm³/mol. The van der Waals surface area contributed by atoms with Crippen molar-refractivity contribution in [1.29, 1.82) is 5.41 Å². The van der Waals surface area contributed by atoms with Gasteiger partial charge in [-0.25, -0.2) is 0 Å². The van der Waals surface area contributed by atoms with E-state index in [0.29, 0.717) is 33.7 Å². The lowest BCUT2D eigenvalue weighted by Crippen LogP contribution is -2.11. The van der Waals surface area contributed by atoms with Crippen LogP contribution in [0.15, 0.2) is 36.4 Å². The molecule has 2 aromatic carbocycles. The Bertz CT molecular complexity index is 675. The lowest BCUT2D eigenvalue weighted by molar-refractivity contribution is 0.303. The summed E-state index contributed by atoms with van der Waals surface area (Å²) < 4.78 is 10.8. The summed E-state index contributed by atoms with van der Waals surface area (Å²) in [6, 6.07) is 10.4. The van der Waals surface area contributed by atoms with Gasteiger partial charge in [-0.1, -0.05) is 29.3 Å². The SMILES string of the molecule is COc1cc(OCc2ccc(Cl)c(Cl)c2)cc(C(=N)N)c1. The molecule has 0 saturated carbocycles. The second-order valence-electron chi connectivity index (χ2n) is 4.35. The molecule has 0 aromatic heterocycles. The molecular formula is C15H14Cl2N2O2. The van der Waals surface area contributed by atoms with E-state index in [-0.39, 0.29) is 5.84 Å². The summed E-state index contributed by atoms with van der Waals surface area (Å²) in [6.07, 6.45) is 0. The topological polar surface area (TPSA) is 68.3 Å². The fraction of sp³-hybridized carbons (Fsp3) is 0.133. The average Bonchev–Trinajstić information content (AvgIpc) is 2.48. The Hall–Kier alpha value is -1.91. The van der Waals surface area contributed by atoms with Gasteiger partial charge in [-0.2, -0.15) is 0 Å². The predicted octanol–water partition coefficient (Wildman–Crippen LogP) is 3.87. The molecule has 3 N–H and O–H groups in total. The van der Waals surface area contributed by atoms with Gasteiger partial charge in [-0.3, -0.25) is 5.41 Å². The van der Waals surface area contributed by atoms with Crippen molar-refractivity contribution in [2.24, 2.45) is 5.73 Å². The van der Waals surface area contributed by atoms with Crippen LogP contribution in [0, 0.1) is 5.41 Å². The summed E-state index contributed by atoms with van der Waals surface area (Å²) in [5.74, 6) is 1.09. The smallest absolute Gasteiger partial charge is 0.124 e. The lowest BCUT2D eigenvalue weighted by Gasteiger charge is -2.10. The van der Waals surface area contributed by atoms with Crippen LogP contribution in [0.1, 0.15) is 11.1 Å². The Balaban J connectivity index is 2.17. The highest BCUT2D eigenvalue weighted by Gasteiger charge is 2.06. The molecule has 21 heavy (non-hydrogen) atoms. The largest absolute Gasteiger partial charge is 0.497 e. The highest BCUT2D eigenvalue weighted by atomic mass is 35.5. The van der Waals surface area contributed by atoms with Crippen molar-refractivity contribution in [3.8, 4) is 11.5 Å². The molecule has 0 aliphatic heterocycles. The van der Waals surface area contributed by atoms with E-state index < -0.39 is 0 Å². The Kier molecular flexibility index (Phi) is 4.94. The summed E-state index contributed by atoms with van der Waals surface area (Å²) in [5.41, 5.74) is 6.92. The van der Waals surface area contributed by atoms with Crippen LogP contribution < -0.4 is 15.2 Å². The van der Waals surface area contributed by atoms with Gasteiger partial charge in [0, 0.05) is 11.6 Å². The zero-order chi connectivity index (χ0) is 15.4. The maximum Gasteiger partial charge on any atom is 0.124 e. The fourth-order valence-electron chi connectivity index (χ4n) is 1.72. The number of benzene rings is 2. The van der Waals surface area contributed by atoms with Crippen molar-refractivity contribution in [2.75, 3.05) is 7.11 Å². The number of hydrogen-bond acceptors (Lipinski definition) is 3. The van der Waals surface area contributed by atoms with Crippen LogP contribution in [0.25, 0.3) is 0 Å². The number of amidine groups is 1. The number of methoxy groups -OCH3 is 1. The molecule has 110 valence electrons. The first-order chi connectivity index (χ1) is 9.99. The number of nitrogens with one attached hydrogen (secondary N) is 1. The van der Waals surface area contributed by atoms with Gasteiger partial charge in [0.05, 0.1) is 17.2 Å². The van der Waals surface area contributed by atoms with E-state index in [1.54, 1.807) is 37.4 Å². The molecule has 0 atom stereocenters. The summed E-state index contributed by atoms with van der Waals surface area (Å²) >= 11 is 11.8. The quantitative estimate of drug-likeness (QED) is 0.648. The zero-order valence-electron chi connectivity index (χ0n) is 11.3. The first-order valence-electron chi connectivity index (χ1n) is 6.10. The van der Waals surface area contributed by atoms with Crippen molar-refractivity contribution in [1.82, 2.24) is 0 Å². The van der Waals surface area contributed by atoms with E-state index >= 15 is 0 Å². The van der Waals surface area contributed by atoms with Crippen LogP contribution in [0.2, 0.25) is 10.0 Å². The van der Waals surface area contributed by atoms with E-state index in [9.17, 15) is 0 Å². The van der Waals surface area contributed by atoms with Crippen LogP contribution in [0.4, 0.5) is 0 Å². The van der Waals surface area contributed by atoms with Crippen LogP contribution in [0.3, 0.4) is 0 Å². The number of halogens is 2. The normalized spacial score (nSPS) is 10.2. The summed E-state index contributed by atoms with van der Waals surface area (Å²) in [5, 5.41) is 8.47. The monoisotopic (exact) mass is 324 g/mol. The van der Waals surface area contributed by atoms with Gasteiger partial charge in [0.25, 0.3) is 0 Å². The minimum absolute atomic E-state index is 0.0479. The maximum absolute atomic E-state index is 7.49. The molecule has 0 fully saturated rings. The van der Waals surface area contributed by atoms with Crippen LogP contribution >= 0.6 is 23.2 Å². The minimum atomic E-state index is -0.0479. The third-order valence-electron chi connectivity index (χ3n) is 2.82. The molecule has 0 bridgehead atoms. The number of ether oxygens (including phenoxy) is 2. The Morgan fingerprint density at radius 3 is 2.43 bits per heavy atom. The Morgan fingerprint density at radius 2 is 1.81 bits per heavy atom. The number of nitrogen functional groups attached to an aromatic ring is 1. The van der Waals surface area contributed by atoms with Gasteiger partial charge in [0.2, 0.25) is 0 Å². The highest BCUT2D eigenvalue weighted by molar-refractivity contribution is 6.42. The molecule has 0 spiro atoms. The van der Waals surface area contributed by atoms with Crippen LogP contribution in [-0.2, 0) is 6.61 Å². The highest BCUT2D eigenvalue weighted by Crippen LogP contribution is 2.25. The van der Waals surface area contributed by atoms with Crippen LogP contribution in [-0.4, -0.2) is 12.9 Å². The minimum Gasteiger partial charge on any atom is -0.497 e. The Labute approximate surface area is 132 Å². The van der Waals surface area contributed by atoms with Gasteiger partial charge < -0.3 is 15.2 Å². The van der Waals surface area contributed by atoms with Crippen molar-refractivity contribution in [3.05, 3.63) is 57.6 Å². The molecular weight excluding hydrogens is 311 g/mol. The van der Waals surface area contributed by atoms with E-state index in [1.807, 2.05) is 6.07 Å². The van der Waals surface area contributed by atoms with Crippen molar-refractivity contribution in [2.45, 2.75) is 6.61 Å². The van der Waals surface area contributed by atoms with Gasteiger partial charge >= 0.3 is 0 Å². The van der Waals surface area contributed by atoms with E-state index in [4.69, 9.17) is 43.8 Å². The number of hydrogen-bond donors (Lipinski definition) is 2. The molecule has 2 aromatic rings. The van der Waals surface area contributed by atoms with E-state index in [1.165, 1.54) is 0 Å². The van der Waals surface area contributed by atoms with Gasteiger partial charge in [-0.05, 0) is 29.8 Å². The molecule has 0 amide bonds. The summed E-state index contributed by atoms with van der Waals surface area (Å²) in [6.45, 7) is 0.321. The van der Waals surface area contributed by atoms with Crippen molar-refractivity contribution < 1.29 is 9.47 Å². The Morgan fingerprint density at radius 1 is 1.10 bits per heavy atom. The first kappa shape index (κ1) is 15.5. The van der Waals surface area contributed by atoms with Crippen LogP contribution in [0.5, 0.6) is 11.5 Å². The van der Waals surface area contributed by atoms with Gasteiger partial charge in [0.15, 0.2) is 0 Å². The molecule has 0 heterocycles. The molecule has 0 unspecified atom stereocenters. The average molecular weight is 325 g/mol. The number of rotatable bonds is 5. The third-order valence-corrected chi connectivity index (χ3v) is 3.56. The van der Waals surface area contributed by atoms with E-state index in [2.05, 4.69) is 0 Å². The second-order valence-corrected chi connectivity index (χ2v) is 5.16. The third kappa shape index (κ3) is 4.03. The lowest BCUT2D eigenvalue weighted by atomic mass is 10.2. The molecule has 0 aliphatic carbocycles. The summed E-state index contributed by atoms with van der Waals surface area (Å²) in [7, 11) is 1.54. The van der Waals surface area contributed by atoms with Crippen molar-refractivity contribution in [3.63, 3.8) is 0 Å².